The second-order valence-corrected chi connectivity index (χ2v) is 9.51. The Labute approximate surface area is 209 Å². The molecule has 4 nitrogen and oxygen atoms in total. The molecule has 36 heavy (non-hydrogen) atoms. The zero-order valence-corrected chi connectivity index (χ0v) is 20.7. The van der Waals surface area contributed by atoms with Crippen LogP contribution in [0.5, 0.6) is 0 Å². The summed E-state index contributed by atoms with van der Waals surface area (Å²) in [5.74, 6) is -0.486. The van der Waals surface area contributed by atoms with Crippen molar-refractivity contribution >= 4 is 28.2 Å². The van der Waals surface area contributed by atoms with Crippen molar-refractivity contribution in [1.82, 2.24) is 4.40 Å². The topological polar surface area (TPSA) is 36.0 Å². The second-order valence-electron chi connectivity index (χ2n) is 9.51. The number of nitrogens with zero attached hydrogens (tertiary/aromatic N) is 4. The van der Waals surface area contributed by atoms with Crippen LogP contribution in [0.15, 0.2) is 79.4 Å². The Bertz CT molecular complexity index is 1750. The van der Waals surface area contributed by atoms with Crippen LogP contribution in [0.4, 0.5) is 4.39 Å². The Hall–Kier alpha value is -4.30. The lowest BCUT2D eigenvalue weighted by Crippen LogP contribution is -2.61. The fraction of sp³-hybridized carbons (Fsp3) is 0.194. The van der Waals surface area contributed by atoms with Gasteiger partial charge in [0.1, 0.15) is 24.3 Å². The van der Waals surface area contributed by atoms with Gasteiger partial charge in [-0.1, -0.05) is 32.0 Å². The summed E-state index contributed by atoms with van der Waals surface area (Å²) < 4.78 is 21.3. The molecule has 3 aromatic heterocycles. The quantitative estimate of drug-likeness (QED) is 0.287. The van der Waals surface area contributed by atoms with E-state index in [1.54, 1.807) is 6.07 Å². The molecule has 0 bridgehead atoms. The maximum absolute atomic E-state index is 14.4. The van der Waals surface area contributed by atoms with Crippen LogP contribution in [0.1, 0.15) is 43.4 Å². The van der Waals surface area contributed by atoms with Crippen LogP contribution in [0.25, 0.3) is 39.5 Å². The van der Waals surface area contributed by atoms with Gasteiger partial charge in [-0.05, 0) is 60.5 Å². The van der Waals surface area contributed by atoms with Gasteiger partial charge in [0.25, 0.3) is 5.65 Å². The standard InChI is InChI=1S/C31H27FN4/c1-4-31(5-2)28(19-23-10-8-9-22-12-14-34-15-16-36(31)30(34)29(22)23)35-13-7-6-11-27(35)25-18-24(20-33)26(32)17-21(25)3/h6-19H,4-5H2,1-3H3/q+2. The summed E-state index contributed by atoms with van der Waals surface area (Å²) in [6.45, 7) is 6.38. The second kappa shape index (κ2) is 8.13. The number of benzene rings is 2. The van der Waals surface area contributed by atoms with E-state index in [1.165, 1.54) is 28.0 Å². The Balaban J connectivity index is 1.72. The van der Waals surface area contributed by atoms with Gasteiger partial charge >= 0.3 is 0 Å². The highest BCUT2D eigenvalue weighted by molar-refractivity contribution is 6.01. The molecule has 0 spiro atoms. The highest BCUT2D eigenvalue weighted by Gasteiger charge is 2.48. The number of halogens is 1. The van der Waals surface area contributed by atoms with Crippen molar-refractivity contribution in [2.75, 3.05) is 0 Å². The summed E-state index contributed by atoms with van der Waals surface area (Å²) in [5.41, 5.74) is 5.80. The molecule has 0 atom stereocenters. The minimum Gasteiger partial charge on any atom is -0.214 e. The molecule has 0 saturated heterocycles. The van der Waals surface area contributed by atoms with Gasteiger partial charge < -0.3 is 0 Å². The van der Waals surface area contributed by atoms with Crippen molar-refractivity contribution in [2.45, 2.75) is 39.2 Å². The first-order chi connectivity index (χ1) is 17.5. The van der Waals surface area contributed by atoms with E-state index in [1.807, 2.05) is 25.1 Å². The molecule has 2 aromatic carbocycles. The molecule has 0 unspecified atom stereocenters. The molecule has 0 radical (unpaired) electrons. The summed E-state index contributed by atoms with van der Waals surface area (Å²) >= 11 is 0. The summed E-state index contributed by atoms with van der Waals surface area (Å²) in [4.78, 5) is 0. The van der Waals surface area contributed by atoms with Crippen LogP contribution in [-0.4, -0.2) is 4.40 Å². The Morgan fingerprint density at radius 1 is 1.00 bits per heavy atom. The average molecular weight is 475 g/mol. The molecule has 5 aromatic rings. The number of nitriles is 1. The number of aromatic nitrogens is 3. The summed E-state index contributed by atoms with van der Waals surface area (Å²) in [6, 6.07) is 19.9. The first-order valence-electron chi connectivity index (χ1n) is 12.4. The third kappa shape index (κ3) is 2.97. The zero-order valence-electron chi connectivity index (χ0n) is 20.7. The van der Waals surface area contributed by atoms with E-state index in [2.05, 4.69) is 88.6 Å². The number of aryl methyl sites for hydroxylation is 1. The number of pyridine rings is 2. The van der Waals surface area contributed by atoms with E-state index >= 15 is 0 Å². The third-order valence-electron chi connectivity index (χ3n) is 7.85. The van der Waals surface area contributed by atoms with Gasteiger partial charge in [0, 0.05) is 18.2 Å². The van der Waals surface area contributed by atoms with Crippen molar-refractivity contribution in [3.8, 4) is 17.3 Å². The molecule has 176 valence electrons. The molecule has 0 amide bonds. The maximum Gasteiger partial charge on any atom is 0.295 e. The summed E-state index contributed by atoms with van der Waals surface area (Å²) in [6.07, 6.45) is 12.6. The van der Waals surface area contributed by atoms with E-state index < -0.39 is 5.82 Å². The van der Waals surface area contributed by atoms with E-state index in [0.29, 0.717) is 0 Å². The van der Waals surface area contributed by atoms with Crippen LogP contribution in [0.2, 0.25) is 0 Å². The summed E-state index contributed by atoms with van der Waals surface area (Å²) in [5, 5.41) is 12.0. The number of imidazole rings is 1. The van der Waals surface area contributed by atoms with E-state index in [0.717, 1.165) is 35.4 Å². The third-order valence-corrected chi connectivity index (χ3v) is 7.85. The van der Waals surface area contributed by atoms with Crippen molar-refractivity contribution in [3.63, 3.8) is 0 Å². The first-order valence-corrected chi connectivity index (χ1v) is 12.4. The van der Waals surface area contributed by atoms with Gasteiger partial charge in [-0.2, -0.15) is 9.83 Å². The molecule has 1 aliphatic rings. The monoisotopic (exact) mass is 474 g/mol. The van der Waals surface area contributed by atoms with Gasteiger partial charge in [0.15, 0.2) is 11.7 Å². The number of hydrogen-bond acceptors (Lipinski definition) is 1. The largest absolute Gasteiger partial charge is 0.295 e. The zero-order chi connectivity index (χ0) is 25.0. The van der Waals surface area contributed by atoms with Gasteiger partial charge in [-0.3, -0.25) is 0 Å². The van der Waals surface area contributed by atoms with Gasteiger partial charge in [0.05, 0.1) is 22.7 Å². The van der Waals surface area contributed by atoms with E-state index in [-0.39, 0.29) is 11.1 Å². The molecule has 0 N–H and O–H groups in total. The molecule has 0 fully saturated rings. The molecule has 6 rings (SSSR count). The van der Waals surface area contributed by atoms with Crippen molar-refractivity contribution < 1.29 is 13.5 Å². The molecular weight excluding hydrogens is 447 g/mol. The van der Waals surface area contributed by atoms with Crippen molar-refractivity contribution in [2.24, 2.45) is 0 Å². The van der Waals surface area contributed by atoms with Crippen LogP contribution in [0, 0.1) is 24.1 Å². The Morgan fingerprint density at radius 2 is 1.83 bits per heavy atom. The predicted molar refractivity (Wildman–Crippen MR) is 139 cm³/mol. The lowest BCUT2D eigenvalue weighted by Gasteiger charge is -2.27. The van der Waals surface area contributed by atoms with Crippen LogP contribution < -0.4 is 9.13 Å². The van der Waals surface area contributed by atoms with Crippen LogP contribution in [0.3, 0.4) is 0 Å². The molecule has 5 heteroatoms. The molecule has 0 saturated carbocycles. The first kappa shape index (κ1) is 22.2. The van der Waals surface area contributed by atoms with Crippen LogP contribution in [-0.2, 0) is 5.54 Å². The minimum atomic E-state index is -0.486. The molecule has 4 heterocycles. The highest BCUT2D eigenvalue weighted by atomic mass is 19.1. The smallest absolute Gasteiger partial charge is 0.214 e. The molecule has 1 aliphatic heterocycles. The van der Waals surface area contributed by atoms with Gasteiger partial charge in [-0.25, -0.2) is 13.4 Å². The number of allylic oxidation sites excluding steroid dienone is 1. The van der Waals surface area contributed by atoms with E-state index in [4.69, 9.17) is 0 Å². The van der Waals surface area contributed by atoms with Gasteiger partial charge in [-0.15, -0.1) is 0 Å². The summed E-state index contributed by atoms with van der Waals surface area (Å²) in [7, 11) is 0. The van der Waals surface area contributed by atoms with Gasteiger partial charge in [0.2, 0.25) is 11.4 Å². The fourth-order valence-electron chi connectivity index (χ4n) is 5.94. The number of hydrogen-bond donors (Lipinski definition) is 0. The SMILES string of the molecule is CCC1(CC)C([n+]2ccccc2-c2cc(C#N)c(F)cc2C)=Cc2cccc3ccn4cc[n+]1c4c23. The lowest BCUT2D eigenvalue weighted by atomic mass is 9.86. The highest BCUT2D eigenvalue weighted by Crippen LogP contribution is 2.38. The lowest BCUT2D eigenvalue weighted by molar-refractivity contribution is -0.749. The molecular formula is C31H27FN4+2. The fourth-order valence-corrected chi connectivity index (χ4v) is 5.94. The maximum atomic E-state index is 14.4. The normalized spacial score (nSPS) is 14.1. The van der Waals surface area contributed by atoms with Crippen molar-refractivity contribution in [1.29, 1.82) is 5.26 Å². The average Bonchev–Trinajstić information content (AvgIpc) is 3.29. The minimum absolute atomic E-state index is 0.0544. The predicted octanol–water partition coefficient (Wildman–Crippen LogP) is 6.18. The number of rotatable bonds is 4. The van der Waals surface area contributed by atoms with E-state index in [9.17, 15) is 9.65 Å². The molecule has 0 aliphatic carbocycles. The Kier molecular flexibility index (Phi) is 5.01. The van der Waals surface area contributed by atoms with Crippen LogP contribution >= 0.6 is 0 Å². The Morgan fingerprint density at radius 3 is 2.61 bits per heavy atom. The van der Waals surface area contributed by atoms with Crippen molar-refractivity contribution in [3.05, 3.63) is 102 Å².